The summed E-state index contributed by atoms with van der Waals surface area (Å²) in [7, 11) is 2.07. The number of carboxylic acids is 1. The summed E-state index contributed by atoms with van der Waals surface area (Å²) in [6.07, 6.45) is 4.03. The van der Waals surface area contributed by atoms with Gasteiger partial charge in [0.25, 0.3) is 0 Å². The van der Waals surface area contributed by atoms with Crippen molar-refractivity contribution in [2.75, 3.05) is 39.8 Å². The van der Waals surface area contributed by atoms with E-state index in [0.29, 0.717) is 6.54 Å². The van der Waals surface area contributed by atoms with Crippen LogP contribution in [0.2, 0.25) is 0 Å². The van der Waals surface area contributed by atoms with E-state index < -0.39 is 5.97 Å². The molecule has 0 bridgehead atoms. The van der Waals surface area contributed by atoms with Crippen molar-refractivity contribution in [1.82, 2.24) is 15.1 Å². The van der Waals surface area contributed by atoms with E-state index in [9.17, 15) is 9.59 Å². The molecule has 0 aromatic rings. The molecule has 0 aromatic heterocycles. The summed E-state index contributed by atoms with van der Waals surface area (Å²) < 4.78 is 0. The molecule has 2 rings (SSSR count). The average molecular weight is 283 g/mol. The lowest BCUT2D eigenvalue weighted by Crippen LogP contribution is -2.48. The molecule has 6 heteroatoms. The molecule has 1 heterocycles. The molecule has 0 spiro atoms. The molecule has 0 atom stereocenters. The zero-order valence-corrected chi connectivity index (χ0v) is 12.2. The second-order valence-electron chi connectivity index (χ2n) is 6.23. The highest BCUT2D eigenvalue weighted by molar-refractivity contribution is 5.74. The number of aliphatic carboxylic acids is 1. The predicted octanol–water partition coefficient (Wildman–Crippen LogP) is 0.979. The fourth-order valence-corrected chi connectivity index (χ4v) is 3.04. The average Bonchev–Trinajstić information content (AvgIpc) is 2.56. The van der Waals surface area contributed by atoms with Crippen molar-refractivity contribution >= 4 is 12.0 Å². The first kappa shape index (κ1) is 15.1. The summed E-state index contributed by atoms with van der Waals surface area (Å²) in [6, 6.07) is -0.0445. The molecular weight excluding hydrogens is 258 g/mol. The zero-order chi connectivity index (χ0) is 14.6. The highest BCUT2D eigenvalue weighted by Gasteiger charge is 2.39. The molecule has 114 valence electrons. The second kappa shape index (κ2) is 6.43. The van der Waals surface area contributed by atoms with Crippen LogP contribution in [0.15, 0.2) is 0 Å². The SMILES string of the molecule is CN1CCCN(C(=O)NCC2(CC(=O)O)CCC2)CC1. The molecule has 0 unspecified atom stereocenters. The topological polar surface area (TPSA) is 72.9 Å². The Morgan fingerprint density at radius 1 is 1.15 bits per heavy atom. The van der Waals surface area contributed by atoms with Gasteiger partial charge < -0.3 is 20.2 Å². The smallest absolute Gasteiger partial charge is 0.317 e. The summed E-state index contributed by atoms with van der Waals surface area (Å²) in [6.45, 7) is 3.93. The van der Waals surface area contributed by atoms with Crippen molar-refractivity contribution < 1.29 is 14.7 Å². The Morgan fingerprint density at radius 2 is 1.90 bits per heavy atom. The molecule has 2 amide bonds. The van der Waals surface area contributed by atoms with Crippen LogP contribution >= 0.6 is 0 Å². The molecule has 0 radical (unpaired) electrons. The monoisotopic (exact) mass is 283 g/mol. The molecule has 1 aliphatic carbocycles. The summed E-state index contributed by atoms with van der Waals surface area (Å²) in [5.41, 5.74) is -0.204. The minimum atomic E-state index is -0.768. The van der Waals surface area contributed by atoms with Crippen molar-refractivity contribution in [3.63, 3.8) is 0 Å². The van der Waals surface area contributed by atoms with Gasteiger partial charge in [0.15, 0.2) is 0 Å². The third-order valence-corrected chi connectivity index (χ3v) is 4.56. The van der Waals surface area contributed by atoms with E-state index in [1.165, 1.54) is 0 Å². The quantitative estimate of drug-likeness (QED) is 0.806. The van der Waals surface area contributed by atoms with Crippen LogP contribution < -0.4 is 5.32 Å². The number of amides is 2. The summed E-state index contributed by atoms with van der Waals surface area (Å²) in [5.74, 6) is -0.768. The molecule has 2 N–H and O–H groups in total. The van der Waals surface area contributed by atoms with Gasteiger partial charge in [0.2, 0.25) is 0 Å². The number of carboxylic acid groups (broad SMARTS) is 1. The van der Waals surface area contributed by atoms with E-state index in [0.717, 1.165) is 51.9 Å². The van der Waals surface area contributed by atoms with Crippen LogP contribution in [0, 0.1) is 5.41 Å². The first-order valence-electron chi connectivity index (χ1n) is 7.44. The number of hydrogen-bond donors (Lipinski definition) is 2. The highest BCUT2D eigenvalue weighted by atomic mass is 16.4. The largest absolute Gasteiger partial charge is 0.481 e. The van der Waals surface area contributed by atoms with Gasteiger partial charge in [0.1, 0.15) is 0 Å². The lowest BCUT2D eigenvalue weighted by atomic mass is 9.66. The van der Waals surface area contributed by atoms with Crippen LogP contribution in [0.3, 0.4) is 0 Å². The van der Waals surface area contributed by atoms with E-state index in [4.69, 9.17) is 5.11 Å². The van der Waals surface area contributed by atoms with Gasteiger partial charge >= 0.3 is 12.0 Å². The number of urea groups is 1. The number of likely N-dealkylation sites (N-methyl/N-ethyl adjacent to an activating group) is 1. The standard InChI is InChI=1S/C14H25N3O3/c1-16-6-3-7-17(9-8-16)13(20)15-11-14(4-2-5-14)10-12(18)19/h2-11H2,1H3,(H,15,20)(H,18,19). The first-order chi connectivity index (χ1) is 9.51. The summed E-state index contributed by atoms with van der Waals surface area (Å²) in [4.78, 5) is 27.2. The molecule has 2 aliphatic rings. The lowest BCUT2D eigenvalue weighted by Gasteiger charge is -2.41. The minimum Gasteiger partial charge on any atom is -0.481 e. The van der Waals surface area contributed by atoms with E-state index >= 15 is 0 Å². The molecule has 6 nitrogen and oxygen atoms in total. The fourth-order valence-electron chi connectivity index (χ4n) is 3.04. The van der Waals surface area contributed by atoms with Gasteiger partial charge in [0.05, 0.1) is 6.42 Å². The molecular formula is C14H25N3O3. The van der Waals surface area contributed by atoms with Crippen LogP contribution in [0.25, 0.3) is 0 Å². The van der Waals surface area contributed by atoms with Crippen molar-refractivity contribution in [1.29, 1.82) is 0 Å². The highest BCUT2D eigenvalue weighted by Crippen LogP contribution is 2.43. The Morgan fingerprint density at radius 3 is 2.50 bits per heavy atom. The number of rotatable bonds is 4. The van der Waals surface area contributed by atoms with Crippen LogP contribution in [0.4, 0.5) is 4.79 Å². The Bertz CT molecular complexity index is 369. The first-order valence-corrected chi connectivity index (χ1v) is 7.44. The fraction of sp³-hybridized carbons (Fsp3) is 0.857. The van der Waals surface area contributed by atoms with Crippen molar-refractivity contribution in [2.24, 2.45) is 5.41 Å². The number of hydrogen-bond acceptors (Lipinski definition) is 3. The van der Waals surface area contributed by atoms with Crippen LogP contribution in [0.5, 0.6) is 0 Å². The molecule has 0 aromatic carbocycles. The molecule has 1 saturated carbocycles. The Balaban J connectivity index is 1.80. The third-order valence-electron chi connectivity index (χ3n) is 4.56. The van der Waals surface area contributed by atoms with Gasteiger partial charge in [0, 0.05) is 26.2 Å². The number of carbonyl (C=O) groups excluding carboxylic acids is 1. The maximum absolute atomic E-state index is 12.2. The van der Waals surface area contributed by atoms with E-state index in [-0.39, 0.29) is 17.9 Å². The maximum Gasteiger partial charge on any atom is 0.317 e. The number of nitrogens with zero attached hydrogens (tertiary/aromatic N) is 2. The lowest BCUT2D eigenvalue weighted by molar-refractivity contribution is -0.141. The van der Waals surface area contributed by atoms with Crippen molar-refractivity contribution in [3.05, 3.63) is 0 Å². The predicted molar refractivity (Wildman–Crippen MR) is 75.6 cm³/mol. The van der Waals surface area contributed by atoms with Gasteiger partial charge in [-0.2, -0.15) is 0 Å². The molecule has 1 aliphatic heterocycles. The van der Waals surface area contributed by atoms with Gasteiger partial charge in [-0.1, -0.05) is 6.42 Å². The molecule has 2 fully saturated rings. The maximum atomic E-state index is 12.2. The number of carbonyl (C=O) groups is 2. The summed E-state index contributed by atoms with van der Waals surface area (Å²) in [5, 5.41) is 11.9. The Kier molecular flexibility index (Phi) is 4.86. The van der Waals surface area contributed by atoms with Gasteiger partial charge in [-0.15, -0.1) is 0 Å². The molecule has 20 heavy (non-hydrogen) atoms. The van der Waals surface area contributed by atoms with E-state index in [1.54, 1.807) is 0 Å². The van der Waals surface area contributed by atoms with Crippen molar-refractivity contribution in [3.8, 4) is 0 Å². The Hall–Kier alpha value is -1.30. The second-order valence-corrected chi connectivity index (χ2v) is 6.23. The van der Waals surface area contributed by atoms with Gasteiger partial charge in [-0.3, -0.25) is 4.79 Å². The Labute approximate surface area is 120 Å². The summed E-state index contributed by atoms with van der Waals surface area (Å²) >= 11 is 0. The third kappa shape index (κ3) is 3.85. The minimum absolute atomic E-state index is 0.0445. The zero-order valence-electron chi connectivity index (χ0n) is 12.2. The molecule has 1 saturated heterocycles. The normalized spacial score (nSPS) is 22.8. The van der Waals surface area contributed by atoms with Gasteiger partial charge in [-0.05, 0) is 38.3 Å². The van der Waals surface area contributed by atoms with Crippen LogP contribution in [-0.4, -0.2) is 66.7 Å². The van der Waals surface area contributed by atoms with Crippen LogP contribution in [-0.2, 0) is 4.79 Å². The van der Waals surface area contributed by atoms with Crippen LogP contribution in [0.1, 0.15) is 32.1 Å². The van der Waals surface area contributed by atoms with Gasteiger partial charge in [-0.25, -0.2) is 4.79 Å². The van der Waals surface area contributed by atoms with E-state index in [1.807, 2.05) is 4.90 Å². The number of nitrogens with one attached hydrogen (secondary N) is 1. The van der Waals surface area contributed by atoms with Crippen molar-refractivity contribution in [2.45, 2.75) is 32.1 Å². The van der Waals surface area contributed by atoms with E-state index in [2.05, 4.69) is 17.3 Å².